The van der Waals surface area contributed by atoms with Gasteiger partial charge in [0.15, 0.2) is 11.0 Å². The van der Waals surface area contributed by atoms with Crippen LogP contribution in [0.5, 0.6) is 5.75 Å². The van der Waals surface area contributed by atoms with Crippen molar-refractivity contribution in [3.63, 3.8) is 0 Å². The minimum Gasteiger partial charge on any atom is -0.507 e. The monoisotopic (exact) mass is 471 g/mol. The summed E-state index contributed by atoms with van der Waals surface area (Å²) in [5.74, 6) is 0.825. The van der Waals surface area contributed by atoms with Crippen molar-refractivity contribution < 1.29 is 9.90 Å². The van der Waals surface area contributed by atoms with E-state index in [9.17, 15) is 9.90 Å². The summed E-state index contributed by atoms with van der Waals surface area (Å²) in [4.78, 5) is 12.7. The quantitative estimate of drug-likeness (QED) is 0.305. The first kappa shape index (κ1) is 22.0. The number of nitrogens with zero attached hydrogens (tertiary/aromatic N) is 4. The lowest BCUT2D eigenvalue weighted by molar-refractivity contribution is -0.113. The van der Waals surface area contributed by atoms with Crippen molar-refractivity contribution in [1.82, 2.24) is 19.3 Å². The molecule has 0 aliphatic carbocycles. The van der Waals surface area contributed by atoms with E-state index < -0.39 is 0 Å². The highest BCUT2D eigenvalue weighted by Crippen LogP contribution is 2.32. The van der Waals surface area contributed by atoms with E-state index in [1.54, 1.807) is 18.2 Å². The zero-order valence-corrected chi connectivity index (χ0v) is 19.8. The van der Waals surface area contributed by atoms with Gasteiger partial charge in [-0.3, -0.25) is 4.79 Å². The first-order valence-corrected chi connectivity index (χ1v) is 12.2. The Morgan fingerprint density at radius 2 is 1.65 bits per heavy atom. The Balaban J connectivity index is 1.34. The van der Waals surface area contributed by atoms with Gasteiger partial charge in [0.2, 0.25) is 5.91 Å². The predicted octanol–water partition coefficient (Wildman–Crippen LogP) is 5.53. The molecule has 7 nitrogen and oxygen atoms in total. The molecule has 0 bridgehead atoms. The molecular formula is C26H25N5O2S. The van der Waals surface area contributed by atoms with E-state index in [1.807, 2.05) is 41.8 Å². The van der Waals surface area contributed by atoms with Crippen molar-refractivity contribution in [2.24, 2.45) is 0 Å². The maximum absolute atomic E-state index is 12.7. The van der Waals surface area contributed by atoms with Crippen LogP contribution in [-0.2, 0) is 17.9 Å². The molecule has 1 amide bonds. The second-order valence-corrected chi connectivity index (χ2v) is 8.84. The van der Waals surface area contributed by atoms with Crippen LogP contribution in [0.1, 0.15) is 13.8 Å². The Morgan fingerprint density at radius 1 is 0.912 bits per heavy atom. The van der Waals surface area contributed by atoms with Crippen LogP contribution >= 0.6 is 11.8 Å². The van der Waals surface area contributed by atoms with Crippen molar-refractivity contribution in [3.8, 4) is 17.1 Å². The number of rotatable bonds is 7. The van der Waals surface area contributed by atoms with Gasteiger partial charge in [-0.1, -0.05) is 42.1 Å². The number of aryl methyl sites for hydroxylation is 1. The highest BCUT2D eigenvalue weighted by molar-refractivity contribution is 7.99. The molecule has 5 rings (SSSR count). The Morgan fingerprint density at radius 3 is 2.44 bits per heavy atom. The van der Waals surface area contributed by atoms with Crippen LogP contribution in [0, 0.1) is 0 Å². The highest BCUT2D eigenvalue weighted by atomic mass is 32.2. The number of benzene rings is 3. The molecule has 34 heavy (non-hydrogen) atoms. The Bertz CT molecular complexity index is 1500. The number of carbonyl (C=O) groups excluding carboxylic acids is 1. The number of anilines is 1. The van der Waals surface area contributed by atoms with Crippen LogP contribution in [0.2, 0.25) is 0 Å². The topological polar surface area (TPSA) is 85.0 Å². The molecule has 3 aromatic carbocycles. The predicted molar refractivity (Wildman–Crippen MR) is 137 cm³/mol. The van der Waals surface area contributed by atoms with Crippen molar-refractivity contribution in [2.75, 3.05) is 11.1 Å². The van der Waals surface area contributed by atoms with Crippen LogP contribution in [0.4, 0.5) is 5.69 Å². The average Bonchev–Trinajstić information content (AvgIpc) is 3.41. The first-order valence-electron chi connectivity index (χ1n) is 11.3. The third-order valence-corrected chi connectivity index (χ3v) is 6.85. The summed E-state index contributed by atoms with van der Waals surface area (Å²) in [6, 6.07) is 21.4. The molecule has 2 aromatic heterocycles. The van der Waals surface area contributed by atoms with E-state index in [0.29, 0.717) is 23.1 Å². The third kappa shape index (κ3) is 3.90. The molecule has 0 spiro atoms. The molecule has 0 unspecified atom stereocenters. The smallest absolute Gasteiger partial charge is 0.234 e. The maximum atomic E-state index is 12.7. The van der Waals surface area contributed by atoms with Crippen LogP contribution in [0.25, 0.3) is 33.2 Å². The molecule has 2 N–H and O–H groups in total. The van der Waals surface area contributed by atoms with Crippen LogP contribution in [-0.4, -0.2) is 36.1 Å². The van der Waals surface area contributed by atoms with Gasteiger partial charge in [0.05, 0.1) is 11.3 Å². The SMILES string of the molecule is CCn1c(SCC(=O)Nc2ccc3c(c2)c2ccccc2n3CC)nnc1-c1ccccc1O. The number of para-hydroxylation sites is 2. The molecule has 0 saturated carbocycles. The Hall–Kier alpha value is -3.78. The number of nitrogens with one attached hydrogen (secondary N) is 1. The summed E-state index contributed by atoms with van der Waals surface area (Å²) in [6.45, 7) is 5.63. The second-order valence-electron chi connectivity index (χ2n) is 7.90. The van der Waals surface area contributed by atoms with Gasteiger partial charge in [-0.2, -0.15) is 0 Å². The number of hydrogen-bond acceptors (Lipinski definition) is 5. The fourth-order valence-electron chi connectivity index (χ4n) is 4.34. The van der Waals surface area contributed by atoms with E-state index >= 15 is 0 Å². The van der Waals surface area contributed by atoms with E-state index in [2.05, 4.69) is 45.2 Å². The number of hydrogen-bond donors (Lipinski definition) is 2. The summed E-state index contributed by atoms with van der Waals surface area (Å²) < 4.78 is 4.18. The van der Waals surface area contributed by atoms with E-state index in [4.69, 9.17) is 0 Å². The zero-order chi connectivity index (χ0) is 23.7. The summed E-state index contributed by atoms with van der Waals surface area (Å²) in [7, 11) is 0. The van der Waals surface area contributed by atoms with Crippen molar-refractivity contribution >= 4 is 45.2 Å². The third-order valence-electron chi connectivity index (χ3n) is 5.88. The fraction of sp³-hybridized carbons (Fsp3) is 0.192. The van der Waals surface area contributed by atoms with E-state index in [1.165, 1.54) is 22.7 Å². The summed E-state index contributed by atoms with van der Waals surface area (Å²) in [5, 5.41) is 24.6. The summed E-state index contributed by atoms with van der Waals surface area (Å²) >= 11 is 1.33. The summed E-state index contributed by atoms with van der Waals surface area (Å²) in [6.07, 6.45) is 0. The Kier molecular flexibility index (Phi) is 5.98. The molecule has 5 aromatic rings. The standard InChI is InChI=1S/C26H25N5O2S/c1-3-30-21-11-7-5-9-18(21)20-15-17(13-14-22(20)30)27-24(33)16-34-26-29-28-25(31(26)4-2)19-10-6-8-12-23(19)32/h5-15,32H,3-4,16H2,1-2H3,(H,27,33). The highest BCUT2D eigenvalue weighted by Gasteiger charge is 2.17. The minimum absolute atomic E-state index is 0.113. The Labute approximate surface area is 201 Å². The molecule has 0 fully saturated rings. The number of thioether (sulfide) groups is 1. The molecule has 0 atom stereocenters. The van der Waals surface area contributed by atoms with Gasteiger partial charge < -0.3 is 19.6 Å². The number of amides is 1. The van der Waals surface area contributed by atoms with Gasteiger partial charge in [0, 0.05) is 40.6 Å². The normalized spacial score (nSPS) is 11.4. The largest absolute Gasteiger partial charge is 0.507 e. The zero-order valence-electron chi connectivity index (χ0n) is 19.0. The first-order chi connectivity index (χ1) is 16.6. The van der Waals surface area contributed by atoms with Crippen LogP contribution in [0.15, 0.2) is 71.9 Å². The molecule has 0 saturated heterocycles. The second kappa shape index (κ2) is 9.23. The van der Waals surface area contributed by atoms with Gasteiger partial charge in [0.25, 0.3) is 0 Å². The van der Waals surface area contributed by atoms with E-state index in [0.717, 1.165) is 23.1 Å². The molecule has 0 aliphatic rings. The molecule has 2 heterocycles. The number of carbonyl (C=O) groups is 1. The molecular weight excluding hydrogens is 446 g/mol. The lowest BCUT2D eigenvalue weighted by Gasteiger charge is -2.09. The van der Waals surface area contributed by atoms with Crippen LogP contribution < -0.4 is 5.32 Å². The maximum Gasteiger partial charge on any atom is 0.234 e. The lowest BCUT2D eigenvalue weighted by atomic mass is 10.1. The molecule has 172 valence electrons. The number of phenolic OH excluding ortho intramolecular Hbond substituents is 1. The van der Waals surface area contributed by atoms with Gasteiger partial charge in [-0.15, -0.1) is 10.2 Å². The molecule has 0 radical (unpaired) electrons. The molecule has 8 heteroatoms. The van der Waals surface area contributed by atoms with Crippen LogP contribution in [0.3, 0.4) is 0 Å². The van der Waals surface area contributed by atoms with Gasteiger partial charge in [-0.25, -0.2) is 0 Å². The van der Waals surface area contributed by atoms with Crippen molar-refractivity contribution in [1.29, 1.82) is 0 Å². The number of aromatic nitrogens is 4. The van der Waals surface area contributed by atoms with Gasteiger partial charge in [0.1, 0.15) is 5.75 Å². The number of fused-ring (bicyclic) bond motifs is 3. The average molecular weight is 472 g/mol. The number of phenols is 1. The lowest BCUT2D eigenvalue weighted by Crippen LogP contribution is -2.14. The summed E-state index contributed by atoms with van der Waals surface area (Å²) in [5.41, 5.74) is 3.73. The van der Waals surface area contributed by atoms with Crippen molar-refractivity contribution in [2.45, 2.75) is 32.1 Å². The fourth-order valence-corrected chi connectivity index (χ4v) is 5.14. The van der Waals surface area contributed by atoms with Crippen molar-refractivity contribution in [3.05, 3.63) is 66.7 Å². The minimum atomic E-state index is -0.113. The molecule has 0 aliphatic heterocycles. The van der Waals surface area contributed by atoms with E-state index in [-0.39, 0.29) is 17.4 Å². The van der Waals surface area contributed by atoms with Gasteiger partial charge in [-0.05, 0) is 50.2 Å². The number of aromatic hydroxyl groups is 1. The van der Waals surface area contributed by atoms with Gasteiger partial charge >= 0.3 is 0 Å².